The first-order valence-corrected chi connectivity index (χ1v) is 5.08. The molecule has 0 fully saturated rings. The van der Waals surface area contributed by atoms with Gasteiger partial charge in [-0.15, -0.1) is 6.58 Å². The van der Waals surface area contributed by atoms with Crippen molar-refractivity contribution >= 4 is 0 Å². The topological polar surface area (TPSA) is 12.0 Å². The van der Waals surface area contributed by atoms with Crippen molar-refractivity contribution in [3.63, 3.8) is 0 Å². The number of hydrogen-bond acceptors (Lipinski definition) is 1. The summed E-state index contributed by atoms with van der Waals surface area (Å²) in [6, 6.07) is 0.706. The first-order valence-electron chi connectivity index (χ1n) is 5.08. The minimum Gasteiger partial charge on any atom is -0.314 e. The lowest BCUT2D eigenvalue weighted by atomic mass is 10.1. The lowest BCUT2D eigenvalue weighted by molar-refractivity contribution is 0.429. The Bertz CT molecular complexity index is 106. The van der Waals surface area contributed by atoms with Crippen molar-refractivity contribution in [2.45, 2.75) is 46.1 Å². The van der Waals surface area contributed by atoms with Gasteiger partial charge in [-0.05, 0) is 31.7 Å². The van der Waals surface area contributed by atoms with Crippen LogP contribution in [0.2, 0.25) is 0 Å². The van der Waals surface area contributed by atoms with Crippen LogP contribution >= 0.6 is 0 Å². The van der Waals surface area contributed by atoms with Gasteiger partial charge in [0, 0.05) is 6.04 Å². The van der Waals surface area contributed by atoms with Gasteiger partial charge in [0.1, 0.15) is 0 Å². The van der Waals surface area contributed by atoms with Gasteiger partial charge < -0.3 is 5.32 Å². The van der Waals surface area contributed by atoms with Crippen molar-refractivity contribution in [3.05, 3.63) is 12.7 Å². The molecule has 0 aromatic heterocycles. The zero-order valence-corrected chi connectivity index (χ0v) is 8.77. The van der Waals surface area contributed by atoms with Crippen molar-refractivity contribution in [3.8, 4) is 0 Å². The second-order valence-corrected chi connectivity index (χ2v) is 3.55. The van der Waals surface area contributed by atoms with Crippen LogP contribution in [-0.4, -0.2) is 12.6 Å². The molecule has 0 amide bonds. The second-order valence-electron chi connectivity index (χ2n) is 3.55. The standard InChI is InChI=1S/C11H23N/c1-5-8-10(4)9-12-11(6-2)7-3/h5,10-12H,1,6-9H2,2-4H3/t10-/m1/s1. The molecule has 0 heterocycles. The normalized spacial score (nSPS) is 13.3. The largest absolute Gasteiger partial charge is 0.314 e. The van der Waals surface area contributed by atoms with E-state index in [2.05, 4.69) is 32.7 Å². The maximum atomic E-state index is 3.74. The van der Waals surface area contributed by atoms with Crippen molar-refractivity contribution in [1.29, 1.82) is 0 Å². The predicted octanol–water partition coefficient (Wildman–Crippen LogP) is 2.98. The second kappa shape index (κ2) is 7.35. The molecular weight excluding hydrogens is 146 g/mol. The summed E-state index contributed by atoms with van der Waals surface area (Å²) in [5, 5.41) is 3.56. The summed E-state index contributed by atoms with van der Waals surface area (Å²) in [5.41, 5.74) is 0. The molecule has 1 atom stereocenters. The van der Waals surface area contributed by atoms with Crippen LogP contribution in [0.25, 0.3) is 0 Å². The van der Waals surface area contributed by atoms with Crippen LogP contribution in [-0.2, 0) is 0 Å². The van der Waals surface area contributed by atoms with Gasteiger partial charge in [0.05, 0.1) is 0 Å². The summed E-state index contributed by atoms with van der Waals surface area (Å²) in [7, 11) is 0. The maximum Gasteiger partial charge on any atom is 0.00619 e. The average Bonchev–Trinajstić information content (AvgIpc) is 2.07. The summed E-state index contributed by atoms with van der Waals surface area (Å²) < 4.78 is 0. The van der Waals surface area contributed by atoms with Crippen molar-refractivity contribution in [2.75, 3.05) is 6.54 Å². The summed E-state index contributed by atoms with van der Waals surface area (Å²) >= 11 is 0. The SMILES string of the molecule is C=CC[C@@H](C)CNC(CC)CC. The van der Waals surface area contributed by atoms with Crippen molar-refractivity contribution < 1.29 is 0 Å². The van der Waals surface area contributed by atoms with E-state index in [1.54, 1.807) is 0 Å². The molecular formula is C11H23N. The zero-order valence-electron chi connectivity index (χ0n) is 8.77. The summed E-state index contributed by atoms with van der Waals surface area (Å²) in [6.07, 6.45) is 5.58. The smallest absolute Gasteiger partial charge is 0.00619 e. The van der Waals surface area contributed by atoms with Gasteiger partial charge in [-0.1, -0.05) is 26.8 Å². The van der Waals surface area contributed by atoms with E-state index < -0.39 is 0 Å². The lowest BCUT2D eigenvalue weighted by Gasteiger charge is -2.17. The van der Waals surface area contributed by atoms with E-state index in [4.69, 9.17) is 0 Å². The van der Waals surface area contributed by atoms with Crippen LogP contribution in [0.1, 0.15) is 40.0 Å². The van der Waals surface area contributed by atoms with Gasteiger partial charge >= 0.3 is 0 Å². The van der Waals surface area contributed by atoms with Crippen LogP contribution in [0.15, 0.2) is 12.7 Å². The highest BCUT2D eigenvalue weighted by Crippen LogP contribution is 2.02. The molecule has 1 nitrogen and oxygen atoms in total. The number of nitrogens with one attached hydrogen (secondary N) is 1. The molecule has 0 bridgehead atoms. The molecule has 0 aliphatic carbocycles. The first-order chi connectivity index (χ1) is 5.74. The molecule has 0 aromatic rings. The molecule has 1 heteroatoms. The summed E-state index contributed by atoms with van der Waals surface area (Å²) in [6.45, 7) is 11.6. The Morgan fingerprint density at radius 1 is 1.33 bits per heavy atom. The highest BCUT2D eigenvalue weighted by molar-refractivity contribution is 4.73. The van der Waals surface area contributed by atoms with Crippen LogP contribution in [0.5, 0.6) is 0 Å². The lowest BCUT2D eigenvalue weighted by Crippen LogP contribution is -2.31. The third kappa shape index (κ3) is 5.36. The molecule has 0 aliphatic heterocycles. The van der Waals surface area contributed by atoms with E-state index >= 15 is 0 Å². The van der Waals surface area contributed by atoms with E-state index in [-0.39, 0.29) is 0 Å². The van der Waals surface area contributed by atoms with E-state index in [9.17, 15) is 0 Å². The fourth-order valence-corrected chi connectivity index (χ4v) is 1.31. The Morgan fingerprint density at radius 3 is 2.33 bits per heavy atom. The third-order valence-electron chi connectivity index (χ3n) is 2.31. The van der Waals surface area contributed by atoms with Gasteiger partial charge in [0.15, 0.2) is 0 Å². The average molecular weight is 169 g/mol. The van der Waals surface area contributed by atoms with Crippen molar-refractivity contribution in [2.24, 2.45) is 5.92 Å². The van der Waals surface area contributed by atoms with Gasteiger partial charge in [0.25, 0.3) is 0 Å². The maximum absolute atomic E-state index is 3.74. The quantitative estimate of drug-likeness (QED) is 0.578. The van der Waals surface area contributed by atoms with Crippen LogP contribution in [0, 0.1) is 5.92 Å². The third-order valence-corrected chi connectivity index (χ3v) is 2.31. The van der Waals surface area contributed by atoms with E-state index in [1.807, 2.05) is 6.08 Å². The summed E-state index contributed by atoms with van der Waals surface area (Å²) in [5.74, 6) is 0.725. The van der Waals surface area contributed by atoms with Crippen LogP contribution < -0.4 is 5.32 Å². The number of rotatable bonds is 7. The molecule has 1 N–H and O–H groups in total. The Balaban J connectivity index is 3.43. The Hall–Kier alpha value is -0.300. The van der Waals surface area contributed by atoms with Gasteiger partial charge in [0.2, 0.25) is 0 Å². The highest BCUT2D eigenvalue weighted by atomic mass is 14.9. The Morgan fingerprint density at radius 2 is 1.92 bits per heavy atom. The minimum absolute atomic E-state index is 0.706. The Labute approximate surface area is 77.2 Å². The first kappa shape index (κ1) is 11.7. The monoisotopic (exact) mass is 169 g/mol. The summed E-state index contributed by atoms with van der Waals surface area (Å²) in [4.78, 5) is 0. The molecule has 0 aliphatic rings. The molecule has 0 saturated carbocycles. The van der Waals surface area contributed by atoms with Crippen LogP contribution in [0.3, 0.4) is 0 Å². The zero-order chi connectivity index (χ0) is 9.40. The molecule has 0 aromatic carbocycles. The number of hydrogen-bond donors (Lipinski definition) is 1. The van der Waals surface area contributed by atoms with Gasteiger partial charge in [-0.2, -0.15) is 0 Å². The van der Waals surface area contributed by atoms with Crippen LogP contribution in [0.4, 0.5) is 0 Å². The molecule has 0 radical (unpaired) electrons. The van der Waals surface area contributed by atoms with E-state index in [0.717, 1.165) is 18.9 Å². The molecule has 72 valence electrons. The fourth-order valence-electron chi connectivity index (χ4n) is 1.31. The predicted molar refractivity (Wildman–Crippen MR) is 56.4 cm³/mol. The molecule has 0 saturated heterocycles. The van der Waals surface area contributed by atoms with Gasteiger partial charge in [-0.25, -0.2) is 0 Å². The number of allylic oxidation sites excluding steroid dienone is 1. The fraction of sp³-hybridized carbons (Fsp3) is 0.818. The molecule has 0 rings (SSSR count). The highest BCUT2D eigenvalue weighted by Gasteiger charge is 2.04. The van der Waals surface area contributed by atoms with E-state index in [1.165, 1.54) is 12.8 Å². The molecule has 0 spiro atoms. The van der Waals surface area contributed by atoms with Gasteiger partial charge in [-0.3, -0.25) is 0 Å². The minimum atomic E-state index is 0.706. The van der Waals surface area contributed by atoms with E-state index in [0.29, 0.717) is 6.04 Å². The van der Waals surface area contributed by atoms with Crippen molar-refractivity contribution in [1.82, 2.24) is 5.32 Å². The molecule has 12 heavy (non-hydrogen) atoms. The molecule has 0 unspecified atom stereocenters. The Kier molecular flexibility index (Phi) is 7.17.